The quantitative estimate of drug-likeness (QED) is 0.717. The summed E-state index contributed by atoms with van der Waals surface area (Å²) < 4.78 is 0. The van der Waals surface area contributed by atoms with Gasteiger partial charge in [-0.3, -0.25) is 9.78 Å². The number of aryl methyl sites for hydroxylation is 1. The highest BCUT2D eigenvalue weighted by atomic mass is 16.3. The summed E-state index contributed by atoms with van der Waals surface area (Å²) in [5.74, 6) is 0. The zero-order valence-electron chi connectivity index (χ0n) is 9.76. The first-order valence-electron chi connectivity index (χ1n) is 5.36. The zero-order chi connectivity index (χ0) is 12.0. The monoisotopic (exact) mass is 222 g/mol. The summed E-state index contributed by atoms with van der Waals surface area (Å²) >= 11 is 0. The van der Waals surface area contributed by atoms with Gasteiger partial charge < -0.3 is 10.0 Å². The number of likely N-dealkylation sites (N-methyl/N-ethyl adjacent to an activating group) is 1. The first kappa shape index (κ1) is 12.8. The van der Waals surface area contributed by atoms with Crippen LogP contribution in [0, 0.1) is 6.92 Å². The van der Waals surface area contributed by atoms with Crippen LogP contribution >= 0.6 is 0 Å². The molecular formula is C12H18N2O2. The van der Waals surface area contributed by atoms with Crippen LogP contribution in [0.3, 0.4) is 0 Å². The van der Waals surface area contributed by atoms with E-state index in [0.717, 1.165) is 31.5 Å². The van der Waals surface area contributed by atoms with Crippen molar-refractivity contribution in [3.05, 3.63) is 29.6 Å². The Morgan fingerprint density at radius 1 is 1.56 bits per heavy atom. The molecule has 1 aliphatic heterocycles. The first-order chi connectivity index (χ1) is 7.61. The average Bonchev–Trinajstić information content (AvgIpc) is 2.65. The Morgan fingerprint density at radius 2 is 2.31 bits per heavy atom. The van der Waals surface area contributed by atoms with E-state index < -0.39 is 0 Å². The minimum absolute atomic E-state index is 0.0509. The van der Waals surface area contributed by atoms with E-state index in [-0.39, 0.29) is 6.10 Å². The van der Waals surface area contributed by atoms with Crippen molar-refractivity contribution >= 4 is 6.29 Å². The number of aromatic nitrogens is 1. The van der Waals surface area contributed by atoms with E-state index in [2.05, 4.69) is 9.88 Å². The Labute approximate surface area is 95.9 Å². The number of hydrogen-bond acceptors (Lipinski definition) is 4. The lowest BCUT2D eigenvalue weighted by Crippen LogP contribution is -2.15. The van der Waals surface area contributed by atoms with Gasteiger partial charge in [-0.25, -0.2) is 0 Å². The summed E-state index contributed by atoms with van der Waals surface area (Å²) in [5, 5.41) is 8.86. The second-order valence-corrected chi connectivity index (χ2v) is 4.06. The molecule has 1 aliphatic rings. The summed E-state index contributed by atoms with van der Waals surface area (Å²) in [6, 6.07) is 3.55. The normalized spacial score (nSPS) is 20.1. The number of nitrogens with zero attached hydrogens (tertiary/aromatic N) is 2. The number of hydrogen-bond donors (Lipinski definition) is 1. The number of carbonyl (C=O) groups is 1. The number of aliphatic hydroxyl groups is 1. The molecule has 0 radical (unpaired) electrons. The van der Waals surface area contributed by atoms with Crippen LogP contribution in [0.1, 0.15) is 22.5 Å². The van der Waals surface area contributed by atoms with Crippen molar-refractivity contribution in [2.75, 3.05) is 20.1 Å². The largest absolute Gasteiger partial charge is 0.392 e. The topological polar surface area (TPSA) is 53.4 Å². The van der Waals surface area contributed by atoms with Crippen molar-refractivity contribution in [1.29, 1.82) is 0 Å². The molecule has 0 saturated carbocycles. The number of carbonyl (C=O) groups excluding carboxylic acids is 1. The zero-order valence-corrected chi connectivity index (χ0v) is 9.76. The van der Waals surface area contributed by atoms with Crippen molar-refractivity contribution in [3.8, 4) is 0 Å². The molecule has 0 bridgehead atoms. The fraction of sp³-hybridized carbons (Fsp3) is 0.500. The Hall–Kier alpha value is -1.26. The highest BCUT2D eigenvalue weighted by Gasteiger charge is 2.15. The lowest BCUT2D eigenvalue weighted by atomic mass is 10.3. The van der Waals surface area contributed by atoms with E-state index in [9.17, 15) is 4.79 Å². The van der Waals surface area contributed by atoms with Crippen LogP contribution < -0.4 is 0 Å². The fourth-order valence-corrected chi connectivity index (χ4v) is 1.46. The molecule has 88 valence electrons. The molecule has 1 fully saturated rings. The van der Waals surface area contributed by atoms with Gasteiger partial charge in [0.15, 0.2) is 6.29 Å². The molecule has 1 atom stereocenters. The maximum Gasteiger partial charge on any atom is 0.151 e. The Bertz CT molecular complexity index is 316. The van der Waals surface area contributed by atoms with E-state index in [1.54, 1.807) is 12.3 Å². The lowest BCUT2D eigenvalue weighted by Gasteiger charge is -2.02. The third-order valence-corrected chi connectivity index (χ3v) is 2.44. The van der Waals surface area contributed by atoms with Crippen LogP contribution in [0.2, 0.25) is 0 Å². The number of rotatable bonds is 1. The van der Waals surface area contributed by atoms with Crippen LogP contribution in [0.4, 0.5) is 0 Å². The van der Waals surface area contributed by atoms with E-state index in [4.69, 9.17) is 5.11 Å². The van der Waals surface area contributed by atoms with Crippen LogP contribution in [-0.2, 0) is 0 Å². The summed E-state index contributed by atoms with van der Waals surface area (Å²) in [6.07, 6.45) is 3.25. The van der Waals surface area contributed by atoms with Crippen molar-refractivity contribution in [2.24, 2.45) is 0 Å². The van der Waals surface area contributed by atoms with Crippen molar-refractivity contribution in [2.45, 2.75) is 19.4 Å². The predicted molar refractivity (Wildman–Crippen MR) is 62.5 cm³/mol. The Balaban J connectivity index is 0.000000165. The van der Waals surface area contributed by atoms with E-state index in [1.165, 1.54) is 0 Å². The molecule has 16 heavy (non-hydrogen) atoms. The minimum Gasteiger partial charge on any atom is -0.392 e. The smallest absolute Gasteiger partial charge is 0.151 e. The Morgan fingerprint density at radius 3 is 2.62 bits per heavy atom. The van der Waals surface area contributed by atoms with Crippen molar-refractivity contribution in [1.82, 2.24) is 9.88 Å². The molecule has 1 N–H and O–H groups in total. The molecule has 0 aromatic carbocycles. The number of likely N-dealkylation sites (tertiary alicyclic amines) is 1. The maximum absolute atomic E-state index is 10.1. The van der Waals surface area contributed by atoms with Gasteiger partial charge in [0.25, 0.3) is 0 Å². The molecule has 2 rings (SSSR count). The van der Waals surface area contributed by atoms with Crippen molar-refractivity contribution in [3.63, 3.8) is 0 Å². The third kappa shape index (κ3) is 4.51. The lowest BCUT2D eigenvalue weighted by molar-refractivity contribution is 0.112. The molecule has 0 unspecified atom stereocenters. The van der Waals surface area contributed by atoms with E-state index in [0.29, 0.717) is 5.56 Å². The fourth-order valence-electron chi connectivity index (χ4n) is 1.46. The molecule has 1 aromatic rings. The Kier molecular flexibility index (Phi) is 5.08. The first-order valence-corrected chi connectivity index (χ1v) is 5.36. The molecule has 1 aromatic heterocycles. The number of aliphatic hydroxyl groups excluding tert-OH is 1. The summed E-state index contributed by atoms with van der Waals surface area (Å²) in [5.41, 5.74) is 1.56. The van der Waals surface area contributed by atoms with Gasteiger partial charge in [-0.2, -0.15) is 0 Å². The highest BCUT2D eigenvalue weighted by Crippen LogP contribution is 2.03. The second kappa shape index (κ2) is 6.35. The predicted octanol–water partition coefficient (Wildman–Crippen LogP) is 0.885. The average molecular weight is 222 g/mol. The van der Waals surface area contributed by atoms with Gasteiger partial charge in [0.2, 0.25) is 0 Å². The molecule has 0 aliphatic carbocycles. The third-order valence-electron chi connectivity index (χ3n) is 2.44. The van der Waals surface area contributed by atoms with Crippen molar-refractivity contribution < 1.29 is 9.90 Å². The van der Waals surface area contributed by atoms with Gasteiger partial charge in [0.1, 0.15) is 0 Å². The standard InChI is InChI=1S/C7H7NO.C5H11NO/c1-6-2-3-7(5-9)4-8-6;1-6-3-2-5(7)4-6/h2-5H,1H3;5,7H,2-4H2,1H3/t;5-/m.1/s1. The molecule has 1 saturated heterocycles. The van der Waals surface area contributed by atoms with E-state index in [1.807, 2.05) is 20.0 Å². The van der Waals surface area contributed by atoms with Crippen LogP contribution in [-0.4, -0.2) is 47.5 Å². The number of aldehydes is 1. The van der Waals surface area contributed by atoms with Gasteiger partial charge in [-0.1, -0.05) is 0 Å². The summed E-state index contributed by atoms with van der Waals surface area (Å²) in [6.45, 7) is 3.80. The highest BCUT2D eigenvalue weighted by molar-refractivity contribution is 5.73. The molecule has 4 nitrogen and oxygen atoms in total. The van der Waals surface area contributed by atoms with Gasteiger partial charge in [-0.15, -0.1) is 0 Å². The van der Waals surface area contributed by atoms with Crippen LogP contribution in [0.5, 0.6) is 0 Å². The molecule has 0 spiro atoms. The van der Waals surface area contributed by atoms with Gasteiger partial charge >= 0.3 is 0 Å². The summed E-state index contributed by atoms with van der Waals surface area (Å²) in [4.78, 5) is 16.1. The van der Waals surface area contributed by atoms with Gasteiger partial charge in [0.05, 0.1) is 6.10 Å². The number of β-amino-alcohol motifs (C(OH)–C–C–N with tert-alkyl or cyclic N) is 1. The second-order valence-electron chi connectivity index (χ2n) is 4.06. The van der Waals surface area contributed by atoms with Gasteiger partial charge in [0, 0.05) is 30.5 Å². The number of pyridine rings is 1. The van der Waals surface area contributed by atoms with Crippen LogP contribution in [0.25, 0.3) is 0 Å². The maximum atomic E-state index is 10.1. The molecule has 4 heteroatoms. The SMILES string of the molecule is CN1CC[C@@H](O)C1.Cc1ccc(C=O)cn1. The molecule has 2 heterocycles. The van der Waals surface area contributed by atoms with Gasteiger partial charge in [-0.05, 0) is 32.5 Å². The molecule has 0 amide bonds. The minimum atomic E-state index is -0.0509. The van der Waals surface area contributed by atoms with E-state index >= 15 is 0 Å². The molecular weight excluding hydrogens is 204 g/mol. The summed E-state index contributed by atoms with van der Waals surface area (Å²) in [7, 11) is 2.02. The van der Waals surface area contributed by atoms with Crippen LogP contribution in [0.15, 0.2) is 18.3 Å².